The minimum absolute atomic E-state index is 0.262. The Morgan fingerprint density at radius 2 is 2.40 bits per heavy atom. The topological polar surface area (TPSA) is 68.2 Å². The Balaban J connectivity index is 1.96. The van der Waals surface area contributed by atoms with Crippen LogP contribution in [0.3, 0.4) is 0 Å². The predicted molar refractivity (Wildman–Crippen MR) is 57.7 cm³/mol. The van der Waals surface area contributed by atoms with E-state index in [-0.39, 0.29) is 6.04 Å². The summed E-state index contributed by atoms with van der Waals surface area (Å²) in [6, 6.07) is 4.60. The number of fused-ring (bicyclic) bond motifs is 1. The van der Waals surface area contributed by atoms with Crippen LogP contribution in [0.5, 0.6) is 0 Å². The van der Waals surface area contributed by atoms with E-state index in [1.165, 1.54) is 0 Å². The second-order valence-corrected chi connectivity index (χ2v) is 4.05. The zero-order valence-corrected chi connectivity index (χ0v) is 8.51. The lowest BCUT2D eigenvalue weighted by Gasteiger charge is -1.95. The van der Waals surface area contributed by atoms with Gasteiger partial charge >= 0.3 is 0 Å². The van der Waals surface area contributed by atoms with Crippen molar-refractivity contribution in [3.63, 3.8) is 0 Å². The Labute approximate surface area is 87.3 Å². The number of nitrogens with two attached hydrogens (primary N) is 1. The van der Waals surface area contributed by atoms with Crippen LogP contribution in [0, 0.1) is 6.92 Å². The highest BCUT2D eigenvalue weighted by Gasteiger charge is 2.34. The first-order valence-electron chi connectivity index (χ1n) is 5.08. The van der Waals surface area contributed by atoms with Crippen molar-refractivity contribution >= 4 is 11.6 Å². The maximum atomic E-state index is 5.71. The molecule has 0 saturated heterocycles. The van der Waals surface area contributed by atoms with Gasteiger partial charge in [-0.05, 0) is 25.0 Å². The van der Waals surface area contributed by atoms with E-state index in [0.717, 1.165) is 17.6 Å². The van der Waals surface area contributed by atoms with Crippen molar-refractivity contribution in [3.8, 4) is 0 Å². The fraction of sp³-hybridized carbons (Fsp3) is 0.400. The van der Waals surface area contributed by atoms with Gasteiger partial charge in [0.25, 0.3) is 0 Å². The van der Waals surface area contributed by atoms with Crippen LogP contribution >= 0.6 is 0 Å². The van der Waals surface area contributed by atoms with E-state index in [9.17, 15) is 0 Å². The van der Waals surface area contributed by atoms with Gasteiger partial charge in [-0.25, -0.2) is 4.52 Å². The van der Waals surface area contributed by atoms with Gasteiger partial charge in [-0.1, -0.05) is 6.07 Å². The van der Waals surface area contributed by atoms with Crippen LogP contribution in [0.2, 0.25) is 0 Å². The highest BCUT2D eigenvalue weighted by atomic mass is 15.4. The lowest BCUT2D eigenvalue weighted by atomic mass is 10.3. The van der Waals surface area contributed by atoms with Gasteiger partial charge in [-0.2, -0.15) is 4.98 Å². The molecule has 15 heavy (non-hydrogen) atoms. The van der Waals surface area contributed by atoms with Gasteiger partial charge in [0.05, 0.1) is 0 Å². The summed E-state index contributed by atoms with van der Waals surface area (Å²) in [7, 11) is 0. The van der Waals surface area contributed by atoms with Crippen LogP contribution in [0.15, 0.2) is 18.3 Å². The molecule has 1 saturated carbocycles. The van der Waals surface area contributed by atoms with Gasteiger partial charge in [0.2, 0.25) is 5.95 Å². The number of nitrogens with zero attached hydrogens (tertiary/aromatic N) is 3. The minimum atomic E-state index is 0.262. The second kappa shape index (κ2) is 2.93. The fourth-order valence-electron chi connectivity index (χ4n) is 1.65. The monoisotopic (exact) mass is 203 g/mol. The molecule has 2 heterocycles. The Morgan fingerprint density at radius 3 is 3.07 bits per heavy atom. The summed E-state index contributed by atoms with van der Waals surface area (Å²) in [5.41, 5.74) is 7.73. The van der Waals surface area contributed by atoms with Gasteiger partial charge < -0.3 is 11.1 Å². The predicted octanol–water partition coefficient (Wildman–Crippen LogP) is 0.549. The van der Waals surface area contributed by atoms with Crippen molar-refractivity contribution in [1.82, 2.24) is 14.6 Å². The molecule has 2 unspecified atom stereocenters. The number of rotatable bonds is 2. The Morgan fingerprint density at radius 1 is 1.60 bits per heavy atom. The Kier molecular flexibility index (Phi) is 1.70. The largest absolute Gasteiger partial charge is 0.349 e. The lowest BCUT2D eigenvalue weighted by Crippen LogP contribution is -2.13. The molecule has 1 fully saturated rings. The smallest absolute Gasteiger partial charge is 0.243 e. The minimum Gasteiger partial charge on any atom is -0.349 e. The van der Waals surface area contributed by atoms with Gasteiger partial charge in [-0.15, -0.1) is 5.10 Å². The SMILES string of the molecule is Cc1cccn2nc(NC3CC3N)nc12. The summed E-state index contributed by atoms with van der Waals surface area (Å²) in [6.45, 7) is 2.02. The Hall–Kier alpha value is -1.62. The summed E-state index contributed by atoms with van der Waals surface area (Å²) >= 11 is 0. The highest BCUT2D eigenvalue weighted by Crippen LogP contribution is 2.22. The van der Waals surface area contributed by atoms with Crippen molar-refractivity contribution in [1.29, 1.82) is 0 Å². The summed E-state index contributed by atoms with van der Waals surface area (Å²) in [6.07, 6.45) is 2.90. The van der Waals surface area contributed by atoms with E-state index in [4.69, 9.17) is 5.73 Å². The van der Waals surface area contributed by atoms with Crippen molar-refractivity contribution in [2.24, 2.45) is 5.73 Å². The summed E-state index contributed by atoms with van der Waals surface area (Å²) in [4.78, 5) is 4.41. The third kappa shape index (κ3) is 1.45. The lowest BCUT2D eigenvalue weighted by molar-refractivity contribution is 0.933. The van der Waals surface area contributed by atoms with Crippen molar-refractivity contribution in [2.75, 3.05) is 5.32 Å². The maximum absolute atomic E-state index is 5.71. The molecule has 1 aliphatic rings. The number of pyridine rings is 1. The van der Waals surface area contributed by atoms with Gasteiger partial charge in [0, 0.05) is 18.3 Å². The third-order valence-corrected chi connectivity index (χ3v) is 2.71. The zero-order chi connectivity index (χ0) is 10.4. The van der Waals surface area contributed by atoms with Crippen LogP contribution in [0.4, 0.5) is 5.95 Å². The zero-order valence-electron chi connectivity index (χ0n) is 8.51. The average Bonchev–Trinajstić information content (AvgIpc) is 2.75. The van der Waals surface area contributed by atoms with Crippen LogP contribution < -0.4 is 11.1 Å². The molecule has 0 amide bonds. The summed E-state index contributed by atoms with van der Waals surface area (Å²) < 4.78 is 1.78. The van der Waals surface area contributed by atoms with E-state index < -0.39 is 0 Å². The molecule has 2 aromatic rings. The Bertz CT molecular complexity index is 503. The van der Waals surface area contributed by atoms with Crippen molar-refractivity contribution in [2.45, 2.75) is 25.4 Å². The molecule has 2 aromatic heterocycles. The van der Waals surface area contributed by atoms with Crippen LogP contribution in [-0.4, -0.2) is 26.7 Å². The normalized spacial score (nSPS) is 24.4. The summed E-state index contributed by atoms with van der Waals surface area (Å²) in [5.74, 6) is 0.669. The molecule has 0 aliphatic heterocycles. The fourth-order valence-corrected chi connectivity index (χ4v) is 1.65. The van der Waals surface area contributed by atoms with E-state index in [0.29, 0.717) is 12.0 Å². The quantitative estimate of drug-likeness (QED) is 0.748. The van der Waals surface area contributed by atoms with Crippen molar-refractivity contribution in [3.05, 3.63) is 23.9 Å². The van der Waals surface area contributed by atoms with E-state index in [1.807, 2.05) is 25.3 Å². The molecule has 2 atom stereocenters. The second-order valence-electron chi connectivity index (χ2n) is 4.05. The number of nitrogens with one attached hydrogen (secondary N) is 1. The van der Waals surface area contributed by atoms with Gasteiger partial charge in [0.1, 0.15) is 0 Å². The molecule has 3 rings (SSSR count). The molecule has 3 N–H and O–H groups in total. The van der Waals surface area contributed by atoms with Gasteiger partial charge in [0.15, 0.2) is 5.65 Å². The van der Waals surface area contributed by atoms with Crippen LogP contribution in [0.25, 0.3) is 5.65 Å². The van der Waals surface area contributed by atoms with E-state index in [2.05, 4.69) is 15.4 Å². The van der Waals surface area contributed by atoms with E-state index >= 15 is 0 Å². The molecular weight excluding hydrogens is 190 g/mol. The average molecular weight is 203 g/mol. The van der Waals surface area contributed by atoms with E-state index in [1.54, 1.807) is 4.52 Å². The summed E-state index contributed by atoms with van der Waals surface area (Å²) in [5, 5.41) is 7.54. The third-order valence-electron chi connectivity index (χ3n) is 2.71. The standard InChI is InChI=1S/C10H13N5/c1-6-3-2-4-15-9(6)13-10(14-15)12-8-5-7(8)11/h2-4,7-8H,5,11H2,1H3,(H,12,14). The maximum Gasteiger partial charge on any atom is 0.243 e. The number of aryl methyl sites for hydroxylation is 1. The first-order chi connectivity index (χ1) is 7.24. The van der Waals surface area contributed by atoms with Crippen LogP contribution in [-0.2, 0) is 0 Å². The molecule has 5 nitrogen and oxygen atoms in total. The molecule has 1 aliphatic carbocycles. The highest BCUT2D eigenvalue weighted by molar-refractivity contribution is 5.50. The molecule has 0 radical (unpaired) electrons. The molecule has 78 valence electrons. The van der Waals surface area contributed by atoms with Crippen LogP contribution in [0.1, 0.15) is 12.0 Å². The van der Waals surface area contributed by atoms with Crippen molar-refractivity contribution < 1.29 is 0 Å². The molecule has 5 heteroatoms. The molecule has 0 spiro atoms. The first kappa shape index (κ1) is 8.67. The van der Waals surface area contributed by atoms with Gasteiger partial charge in [-0.3, -0.25) is 0 Å². The molecule has 0 aromatic carbocycles. The number of hydrogen-bond donors (Lipinski definition) is 2. The molecular formula is C10H13N5. The number of anilines is 1. The number of aromatic nitrogens is 3. The first-order valence-corrected chi connectivity index (χ1v) is 5.08. The number of hydrogen-bond acceptors (Lipinski definition) is 4. The molecule has 0 bridgehead atoms.